The second-order valence-electron chi connectivity index (χ2n) is 8.23. The van der Waals surface area contributed by atoms with Crippen LogP contribution < -0.4 is 5.32 Å². The van der Waals surface area contributed by atoms with Crippen molar-refractivity contribution in [3.63, 3.8) is 0 Å². The summed E-state index contributed by atoms with van der Waals surface area (Å²) in [6.07, 6.45) is 3.93. The molecule has 0 aliphatic heterocycles. The lowest BCUT2D eigenvalue weighted by molar-refractivity contribution is -0.132. The van der Waals surface area contributed by atoms with Crippen molar-refractivity contribution in [2.24, 2.45) is 7.05 Å². The molecule has 0 aliphatic rings. The molecule has 1 aromatic heterocycles. The van der Waals surface area contributed by atoms with Gasteiger partial charge in [0, 0.05) is 37.2 Å². The lowest BCUT2D eigenvalue weighted by atomic mass is 10.1. The molecule has 0 spiro atoms. The zero-order chi connectivity index (χ0) is 22.3. The van der Waals surface area contributed by atoms with Gasteiger partial charge in [-0.3, -0.25) is 4.79 Å². The van der Waals surface area contributed by atoms with Crippen molar-refractivity contribution in [1.82, 2.24) is 14.4 Å². The van der Waals surface area contributed by atoms with Crippen molar-refractivity contribution < 1.29 is 9.59 Å². The fourth-order valence-corrected chi connectivity index (χ4v) is 3.25. The van der Waals surface area contributed by atoms with E-state index in [9.17, 15) is 9.59 Å². The number of unbranched alkanes of at least 4 members (excludes halogenated alkanes) is 1. The third kappa shape index (κ3) is 6.37. The third-order valence-electron chi connectivity index (χ3n) is 5.49. The summed E-state index contributed by atoms with van der Waals surface area (Å²) in [5.41, 5.74) is 4.12. The summed E-state index contributed by atoms with van der Waals surface area (Å²) < 4.78 is 2.03. The van der Waals surface area contributed by atoms with E-state index in [0.717, 1.165) is 29.8 Å². The van der Waals surface area contributed by atoms with Crippen molar-refractivity contribution in [1.29, 1.82) is 0 Å². The topological polar surface area (TPSA) is 57.6 Å². The molecule has 0 saturated carbocycles. The molecule has 6 heteroatoms. The summed E-state index contributed by atoms with van der Waals surface area (Å²) in [5, 5.41) is 2.95. The molecule has 0 atom stereocenters. The molecule has 2 rings (SSSR count). The maximum atomic E-state index is 13.2. The number of hydrogen-bond donors (Lipinski definition) is 1. The predicted molar refractivity (Wildman–Crippen MR) is 123 cm³/mol. The monoisotopic (exact) mass is 412 g/mol. The van der Waals surface area contributed by atoms with Crippen LogP contribution in [0.2, 0.25) is 0 Å². The molecule has 0 bridgehead atoms. The van der Waals surface area contributed by atoms with Crippen LogP contribution in [0.4, 0.5) is 10.5 Å². The van der Waals surface area contributed by atoms with Crippen LogP contribution >= 0.6 is 0 Å². The standard InChI is InChI=1S/C24H36N4O2/c1-7-8-14-27(16-22-10-9-13-26(22)6)23(29)17-28(18(2)3)24(30)25-21-12-11-19(4)20(5)15-21/h9-13,15,18H,7-8,14,16-17H2,1-6H3,(H,25,30). The lowest BCUT2D eigenvalue weighted by Crippen LogP contribution is -2.47. The van der Waals surface area contributed by atoms with Gasteiger partial charge in [-0.05, 0) is 69.5 Å². The highest BCUT2D eigenvalue weighted by Gasteiger charge is 2.24. The van der Waals surface area contributed by atoms with Gasteiger partial charge in [-0.1, -0.05) is 19.4 Å². The van der Waals surface area contributed by atoms with E-state index in [1.54, 1.807) is 4.90 Å². The zero-order valence-corrected chi connectivity index (χ0v) is 19.2. The average molecular weight is 413 g/mol. The number of hydrogen-bond acceptors (Lipinski definition) is 2. The molecule has 1 N–H and O–H groups in total. The van der Waals surface area contributed by atoms with Crippen molar-refractivity contribution in [2.45, 2.75) is 60.0 Å². The molecule has 1 heterocycles. The molecule has 0 aliphatic carbocycles. The van der Waals surface area contributed by atoms with Gasteiger partial charge in [0.05, 0.1) is 6.54 Å². The van der Waals surface area contributed by atoms with Crippen LogP contribution in [0.1, 0.15) is 50.4 Å². The van der Waals surface area contributed by atoms with E-state index in [-0.39, 0.29) is 24.5 Å². The van der Waals surface area contributed by atoms with Gasteiger partial charge < -0.3 is 19.7 Å². The van der Waals surface area contributed by atoms with Gasteiger partial charge in [-0.2, -0.15) is 0 Å². The number of anilines is 1. The van der Waals surface area contributed by atoms with Crippen molar-refractivity contribution in [2.75, 3.05) is 18.4 Å². The Kier molecular flexibility index (Phi) is 8.51. The summed E-state index contributed by atoms with van der Waals surface area (Å²) in [6.45, 7) is 11.3. The van der Waals surface area contributed by atoms with Gasteiger partial charge in [0.15, 0.2) is 0 Å². The van der Waals surface area contributed by atoms with Crippen LogP contribution in [0.15, 0.2) is 36.5 Å². The second kappa shape index (κ2) is 10.9. The molecular weight excluding hydrogens is 376 g/mol. The van der Waals surface area contributed by atoms with Gasteiger partial charge in [0.25, 0.3) is 0 Å². The third-order valence-corrected chi connectivity index (χ3v) is 5.49. The van der Waals surface area contributed by atoms with Crippen molar-refractivity contribution in [3.05, 3.63) is 53.3 Å². The number of urea groups is 1. The number of benzene rings is 1. The molecule has 0 fully saturated rings. The van der Waals surface area contributed by atoms with Gasteiger partial charge in [0.1, 0.15) is 6.54 Å². The summed E-state index contributed by atoms with van der Waals surface area (Å²) in [5.74, 6) is -0.0337. The Labute approximate surface area is 180 Å². The van der Waals surface area contributed by atoms with Crippen LogP contribution in [-0.2, 0) is 18.4 Å². The number of carbonyl (C=O) groups is 2. The average Bonchev–Trinajstić information content (AvgIpc) is 3.10. The summed E-state index contributed by atoms with van der Waals surface area (Å²) in [4.78, 5) is 29.5. The molecule has 164 valence electrons. The van der Waals surface area contributed by atoms with Crippen LogP contribution in [0, 0.1) is 13.8 Å². The van der Waals surface area contributed by atoms with E-state index in [1.807, 2.05) is 80.7 Å². The first kappa shape index (κ1) is 23.5. The van der Waals surface area contributed by atoms with Gasteiger partial charge >= 0.3 is 6.03 Å². The molecule has 2 aromatic rings. The van der Waals surface area contributed by atoms with Gasteiger partial charge in [-0.25, -0.2) is 4.79 Å². The minimum absolute atomic E-state index is 0.0337. The first-order valence-electron chi connectivity index (χ1n) is 10.8. The smallest absolute Gasteiger partial charge is 0.322 e. The molecule has 6 nitrogen and oxygen atoms in total. The first-order valence-corrected chi connectivity index (χ1v) is 10.8. The molecule has 30 heavy (non-hydrogen) atoms. The van der Waals surface area contributed by atoms with Crippen molar-refractivity contribution >= 4 is 17.6 Å². The minimum Gasteiger partial charge on any atom is -0.353 e. The molecule has 3 amide bonds. The number of carbonyl (C=O) groups excluding carboxylic acids is 2. The Morgan fingerprint density at radius 3 is 2.43 bits per heavy atom. The first-order chi connectivity index (χ1) is 14.2. The Balaban J connectivity index is 2.11. The Hall–Kier alpha value is -2.76. The summed E-state index contributed by atoms with van der Waals surface area (Å²) in [7, 11) is 1.98. The Morgan fingerprint density at radius 1 is 1.13 bits per heavy atom. The fourth-order valence-electron chi connectivity index (χ4n) is 3.25. The maximum Gasteiger partial charge on any atom is 0.322 e. The zero-order valence-electron chi connectivity index (χ0n) is 19.2. The van der Waals surface area contributed by atoms with Crippen LogP contribution in [0.5, 0.6) is 0 Å². The fraction of sp³-hybridized carbons (Fsp3) is 0.500. The number of aryl methyl sites for hydroxylation is 3. The normalized spacial score (nSPS) is 10.9. The Morgan fingerprint density at radius 2 is 1.87 bits per heavy atom. The van der Waals surface area contributed by atoms with E-state index in [4.69, 9.17) is 0 Å². The highest BCUT2D eigenvalue weighted by atomic mass is 16.2. The van der Waals surface area contributed by atoms with E-state index >= 15 is 0 Å². The molecule has 0 unspecified atom stereocenters. The predicted octanol–water partition coefficient (Wildman–Crippen LogP) is 4.71. The number of aromatic nitrogens is 1. The van der Waals surface area contributed by atoms with Gasteiger partial charge in [0.2, 0.25) is 5.91 Å². The maximum absolute atomic E-state index is 13.2. The highest BCUT2D eigenvalue weighted by molar-refractivity contribution is 5.92. The molecule has 0 saturated heterocycles. The number of amides is 3. The quantitative estimate of drug-likeness (QED) is 0.648. The minimum atomic E-state index is -0.254. The van der Waals surface area contributed by atoms with E-state index < -0.39 is 0 Å². The number of nitrogens with zero attached hydrogens (tertiary/aromatic N) is 3. The SMILES string of the molecule is CCCCN(Cc1cccn1C)C(=O)CN(C(=O)Nc1ccc(C)c(C)c1)C(C)C. The highest BCUT2D eigenvalue weighted by Crippen LogP contribution is 2.16. The van der Waals surface area contributed by atoms with Crippen molar-refractivity contribution in [3.8, 4) is 0 Å². The van der Waals surface area contributed by atoms with Crippen LogP contribution in [-0.4, -0.2) is 45.4 Å². The van der Waals surface area contributed by atoms with Crippen LogP contribution in [0.3, 0.4) is 0 Å². The van der Waals surface area contributed by atoms with E-state index in [1.165, 1.54) is 5.56 Å². The van der Waals surface area contributed by atoms with E-state index in [0.29, 0.717) is 13.1 Å². The second-order valence-corrected chi connectivity index (χ2v) is 8.23. The lowest BCUT2D eigenvalue weighted by Gasteiger charge is -2.30. The summed E-state index contributed by atoms with van der Waals surface area (Å²) >= 11 is 0. The largest absolute Gasteiger partial charge is 0.353 e. The Bertz CT molecular complexity index is 857. The molecule has 0 radical (unpaired) electrons. The summed E-state index contributed by atoms with van der Waals surface area (Å²) in [6, 6.07) is 9.50. The van der Waals surface area contributed by atoms with Gasteiger partial charge in [-0.15, -0.1) is 0 Å². The van der Waals surface area contributed by atoms with Crippen LogP contribution in [0.25, 0.3) is 0 Å². The number of nitrogens with one attached hydrogen (secondary N) is 1. The molecule has 1 aromatic carbocycles. The molecular formula is C24H36N4O2. The number of rotatable bonds is 9. The van der Waals surface area contributed by atoms with E-state index in [2.05, 4.69) is 12.2 Å².